The molecule has 0 saturated carbocycles. The van der Waals surface area contributed by atoms with E-state index in [0.717, 1.165) is 6.07 Å². The van der Waals surface area contributed by atoms with Gasteiger partial charge >= 0.3 is 5.97 Å². The lowest BCUT2D eigenvalue weighted by Gasteiger charge is -2.02. The molecule has 1 rings (SSSR count). The summed E-state index contributed by atoms with van der Waals surface area (Å²) in [6, 6.07) is 0.869. The molecule has 0 radical (unpaired) electrons. The molecule has 0 atom stereocenters. The van der Waals surface area contributed by atoms with Gasteiger partial charge in [-0.05, 0) is 28.7 Å². The molecule has 0 aliphatic carbocycles. The van der Waals surface area contributed by atoms with Gasteiger partial charge in [0.2, 0.25) is 0 Å². The molecule has 0 amide bonds. The summed E-state index contributed by atoms with van der Waals surface area (Å²) >= 11 is 1.57. The van der Waals surface area contributed by atoms with E-state index in [-0.39, 0.29) is 9.26 Å². The summed E-state index contributed by atoms with van der Waals surface area (Å²) in [5.74, 6) is -1.35. The van der Waals surface area contributed by atoms with E-state index in [2.05, 4.69) is 0 Å². The Morgan fingerprint density at radius 2 is 2.14 bits per heavy atom. The van der Waals surface area contributed by atoms with Crippen molar-refractivity contribution >= 4 is 28.6 Å². The summed E-state index contributed by atoms with van der Waals surface area (Å²) in [6.07, 6.45) is -2.91. The molecule has 7 heteroatoms. The highest BCUT2D eigenvalue weighted by Gasteiger charge is 2.17. The summed E-state index contributed by atoms with van der Waals surface area (Å²) in [4.78, 5) is 23.3. The number of halogens is 3. The van der Waals surface area contributed by atoms with Crippen molar-refractivity contribution in [3.8, 4) is 0 Å². The standard InChI is InChI=1S/C7H4F2INO3/c8-5(9)2-1-3(10)4(7(13)14)11-6(2)12/h1,5H,(H,11,12)(H,13,14). The zero-order valence-corrected chi connectivity index (χ0v) is 8.71. The SMILES string of the molecule is O=C(O)c1[nH]c(=O)c(C(F)F)cc1I. The van der Waals surface area contributed by atoms with Crippen LogP contribution in [0.15, 0.2) is 10.9 Å². The zero-order chi connectivity index (χ0) is 10.9. The third-order valence-electron chi connectivity index (χ3n) is 1.47. The first-order chi connectivity index (χ1) is 6.43. The van der Waals surface area contributed by atoms with Gasteiger partial charge in [0, 0.05) is 3.57 Å². The fourth-order valence-electron chi connectivity index (χ4n) is 0.837. The number of pyridine rings is 1. The van der Waals surface area contributed by atoms with E-state index in [1.807, 2.05) is 4.98 Å². The number of aromatic carboxylic acids is 1. The van der Waals surface area contributed by atoms with Crippen LogP contribution >= 0.6 is 22.6 Å². The maximum absolute atomic E-state index is 12.2. The van der Waals surface area contributed by atoms with Crippen LogP contribution in [0, 0.1) is 3.57 Å². The van der Waals surface area contributed by atoms with Gasteiger partial charge in [-0.2, -0.15) is 0 Å². The van der Waals surface area contributed by atoms with Crippen molar-refractivity contribution in [2.75, 3.05) is 0 Å². The van der Waals surface area contributed by atoms with Crippen molar-refractivity contribution in [2.24, 2.45) is 0 Å². The van der Waals surface area contributed by atoms with Gasteiger partial charge in [-0.1, -0.05) is 0 Å². The Labute approximate surface area is 90.1 Å². The fraction of sp³-hybridized carbons (Fsp3) is 0.143. The highest BCUT2D eigenvalue weighted by atomic mass is 127. The number of rotatable bonds is 2. The quantitative estimate of drug-likeness (QED) is 0.815. The van der Waals surface area contributed by atoms with Crippen LogP contribution in [-0.4, -0.2) is 16.1 Å². The van der Waals surface area contributed by atoms with Crippen molar-refractivity contribution in [1.82, 2.24) is 4.98 Å². The Morgan fingerprint density at radius 3 is 2.57 bits per heavy atom. The lowest BCUT2D eigenvalue weighted by Crippen LogP contribution is -2.19. The molecule has 14 heavy (non-hydrogen) atoms. The van der Waals surface area contributed by atoms with Crippen LogP contribution in [0.1, 0.15) is 22.5 Å². The lowest BCUT2D eigenvalue weighted by atomic mass is 10.2. The molecule has 0 aliphatic rings. The lowest BCUT2D eigenvalue weighted by molar-refractivity contribution is 0.0688. The van der Waals surface area contributed by atoms with Gasteiger partial charge in [-0.25, -0.2) is 13.6 Å². The molecule has 0 fully saturated rings. The van der Waals surface area contributed by atoms with E-state index in [4.69, 9.17) is 5.11 Å². The number of carboxylic acids is 1. The number of hydrogen-bond donors (Lipinski definition) is 2. The molecule has 1 heterocycles. The normalized spacial score (nSPS) is 10.6. The van der Waals surface area contributed by atoms with Crippen molar-refractivity contribution in [2.45, 2.75) is 6.43 Å². The highest BCUT2D eigenvalue weighted by Crippen LogP contribution is 2.18. The van der Waals surface area contributed by atoms with Gasteiger partial charge < -0.3 is 10.1 Å². The maximum Gasteiger partial charge on any atom is 0.353 e. The van der Waals surface area contributed by atoms with Gasteiger partial charge in [0.1, 0.15) is 5.69 Å². The average molecular weight is 315 g/mol. The molecule has 0 spiro atoms. The van der Waals surface area contributed by atoms with Crippen molar-refractivity contribution in [3.05, 3.63) is 31.2 Å². The third kappa shape index (κ3) is 2.08. The number of carboxylic acid groups (broad SMARTS) is 1. The van der Waals surface area contributed by atoms with E-state index >= 15 is 0 Å². The summed E-state index contributed by atoms with van der Waals surface area (Å²) in [7, 11) is 0. The minimum atomic E-state index is -2.91. The number of aromatic nitrogens is 1. The average Bonchev–Trinajstić information content (AvgIpc) is 2.07. The first-order valence-electron chi connectivity index (χ1n) is 3.37. The van der Waals surface area contributed by atoms with Gasteiger partial charge in [0.25, 0.3) is 12.0 Å². The Bertz CT molecular complexity index is 429. The molecule has 0 bridgehead atoms. The predicted molar refractivity (Wildman–Crippen MR) is 51.7 cm³/mol. The number of aromatic amines is 1. The Kier molecular flexibility index (Phi) is 3.19. The molecule has 4 nitrogen and oxygen atoms in total. The van der Waals surface area contributed by atoms with E-state index in [1.54, 1.807) is 22.6 Å². The second-order valence-corrected chi connectivity index (χ2v) is 3.54. The molecule has 0 aliphatic heterocycles. The molecular formula is C7H4F2INO3. The van der Waals surface area contributed by atoms with Crippen LogP contribution in [0.2, 0.25) is 0 Å². The summed E-state index contributed by atoms with van der Waals surface area (Å²) in [5, 5.41) is 8.56. The molecule has 76 valence electrons. The molecule has 0 aromatic carbocycles. The highest BCUT2D eigenvalue weighted by molar-refractivity contribution is 14.1. The van der Waals surface area contributed by atoms with E-state index < -0.39 is 23.5 Å². The first-order valence-corrected chi connectivity index (χ1v) is 4.45. The third-order valence-corrected chi connectivity index (χ3v) is 2.32. The van der Waals surface area contributed by atoms with E-state index in [0.29, 0.717) is 0 Å². The van der Waals surface area contributed by atoms with Crippen molar-refractivity contribution in [3.63, 3.8) is 0 Å². The van der Waals surface area contributed by atoms with Crippen LogP contribution in [-0.2, 0) is 0 Å². The van der Waals surface area contributed by atoms with Crippen LogP contribution in [0.25, 0.3) is 0 Å². The molecule has 1 aromatic heterocycles. The van der Waals surface area contributed by atoms with Gasteiger partial charge in [0.15, 0.2) is 0 Å². The smallest absolute Gasteiger partial charge is 0.353 e. The molecular weight excluding hydrogens is 311 g/mol. The fourth-order valence-corrected chi connectivity index (χ4v) is 1.54. The van der Waals surface area contributed by atoms with E-state index in [1.165, 1.54) is 0 Å². The molecule has 0 unspecified atom stereocenters. The minimum Gasteiger partial charge on any atom is -0.477 e. The largest absolute Gasteiger partial charge is 0.477 e. The monoisotopic (exact) mass is 315 g/mol. The second kappa shape index (κ2) is 4.03. The summed E-state index contributed by atoms with van der Waals surface area (Å²) in [5.41, 5.74) is -2.17. The first kappa shape index (κ1) is 11.1. The number of nitrogens with one attached hydrogen (secondary N) is 1. The van der Waals surface area contributed by atoms with Crippen LogP contribution in [0.5, 0.6) is 0 Å². The Balaban J connectivity index is 3.39. The minimum absolute atomic E-state index is 0.0741. The number of H-pyrrole nitrogens is 1. The van der Waals surface area contributed by atoms with E-state index in [9.17, 15) is 18.4 Å². The number of alkyl halides is 2. The summed E-state index contributed by atoms with van der Waals surface area (Å²) in [6.45, 7) is 0. The van der Waals surface area contributed by atoms with Gasteiger partial charge in [-0.15, -0.1) is 0 Å². The van der Waals surface area contributed by atoms with Crippen molar-refractivity contribution < 1.29 is 18.7 Å². The predicted octanol–water partition coefficient (Wildman–Crippen LogP) is 1.62. The number of hydrogen-bond acceptors (Lipinski definition) is 2. The van der Waals surface area contributed by atoms with Crippen LogP contribution in [0.4, 0.5) is 8.78 Å². The van der Waals surface area contributed by atoms with Gasteiger partial charge in [-0.3, -0.25) is 4.79 Å². The van der Waals surface area contributed by atoms with Gasteiger partial charge in [0.05, 0.1) is 5.56 Å². The Hall–Kier alpha value is -0.990. The molecule has 2 N–H and O–H groups in total. The maximum atomic E-state index is 12.2. The van der Waals surface area contributed by atoms with Crippen LogP contribution < -0.4 is 5.56 Å². The van der Waals surface area contributed by atoms with Crippen molar-refractivity contribution in [1.29, 1.82) is 0 Å². The zero-order valence-electron chi connectivity index (χ0n) is 6.55. The molecule has 1 aromatic rings. The van der Waals surface area contributed by atoms with Crippen LogP contribution in [0.3, 0.4) is 0 Å². The second-order valence-electron chi connectivity index (χ2n) is 2.38. The summed E-state index contributed by atoms with van der Waals surface area (Å²) < 4.78 is 24.4. The molecule has 0 saturated heterocycles. The topological polar surface area (TPSA) is 70.2 Å². The number of carbonyl (C=O) groups is 1. The Morgan fingerprint density at radius 1 is 1.57 bits per heavy atom.